The van der Waals surface area contributed by atoms with Crippen LogP contribution in [-0.4, -0.2) is 68.6 Å². The number of aryl methyl sites for hydroxylation is 1. The molecule has 8 heteroatoms. The lowest BCUT2D eigenvalue weighted by Crippen LogP contribution is -2.38. The van der Waals surface area contributed by atoms with Gasteiger partial charge in [0.15, 0.2) is 0 Å². The van der Waals surface area contributed by atoms with E-state index >= 15 is 0 Å². The summed E-state index contributed by atoms with van der Waals surface area (Å²) < 4.78 is 0. The van der Waals surface area contributed by atoms with Gasteiger partial charge in [0.05, 0.1) is 12.2 Å². The molecule has 4 N–H and O–H groups in total. The number of pyridine rings is 1. The number of anilines is 1. The molecule has 0 bridgehead atoms. The van der Waals surface area contributed by atoms with E-state index in [4.69, 9.17) is 5.73 Å². The van der Waals surface area contributed by atoms with Crippen molar-refractivity contribution in [1.29, 1.82) is 0 Å². The van der Waals surface area contributed by atoms with Crippen LogP contribution in [0.2, 0.25) is 0 Å². The number of amides is 1. The topological polar surface area (TPSA) is 111 Å². The molecule has 2 unspecified atom stereocenters. The fourth-order valence-corrected chi connectivity index (χ4v) is 4.70. The number of nitrogens with two attached hydrogens (primary N) is 1. The molecular weight excluding hydrogens is 368 g/mol. The highest BCUT2D eigenvalue weighted by atomic mass is 16.3. The normalized spacial score (nSPS) is 24.2. The maximum atomic E-state index is 12.8. The number of nitrogen functional groups attached to an aromatic ring is 1. The molecule has 2 aromatic rings. The van der Waals surface area contributed by atoms with Crippen molar-refractivity contribution in [2.45, 2.75) is 32.7 Å². The molecule has 2 atom stereocenters. The van der Waals surface area contributed by atoms with Gasteiger partial charge in [-0.3, -0.25) is 9.69 Å². The van der Waals surface area contributed by atoms with Gasteiger partial charge < -0.3 is 20.7 Å². The highest BCUT2D eigenvalue weighted by Crippen LogP contribution is 2.43. The maximum absolute atomic E-state index is 12.8. The molecule has 4 heterocycles. The Morgan fingerprint density at radius 2 is 2.17 bits per heavy atom. The van der Waals surface area contributed by atoms with Gasteiger partial charge in [-0.15, -0.1) is 0 Å². The molecule has 2 fully saturated rings. The Hall–Kier alpha value is -2.45. The number of carbonyl (C=O) groups excluding carboxylic acids is 1. The van der Waals surface area contributed by atoms with Gasteiger partial charge >= 0.3 is 0 Å². The minimum absolute atomic E-state index is 0.0413. The number of rotatable bonds is 7. The Labute approximate surface area is 171 Å². The number of aliphatic hydroxyl groups excluding tert-OH is 1. The highest BCUT2D eigenvalue weighted by molar-refractivity contribution is 5.94. The molecule has 4 rings (SSSR count). The predicted molar refractivity (Wildman–Crippen MR) is 110 cm³/mol. The molecule has 1 amide bonds. The third-order valence-corrected chi connectivity index (χ3v) is 6.31. The molecule has 8 nitrogen and oxygen atoms in total. The molecule has 0 radical (unpaired) electrons. The molecule has 156 valence electrons. The van der Waals surface area contributed by atoms with E-state index in [-0.39, 0.29) is 23.8 Å². The molecule has 2 aromatic heterocycles. The van der Waals surface area contributed by atoms with Crippen LogP contribution in [0, 0.1) is 11.3 Å². The number of aliphatic hydroxyl groups is 1. The molecule has 2 aliphatic heterocycles. The second-order valence-electron chi connectivity index (χ2n) is 8.50. The average molecular weight is 399 g/mol. The largest absolute Gasteiger partial charge is 0.396 e. The molecule has 0 aromatic carbocycles. The van der Waals surface area contributed by atoms with E-state index in [0.29, 0.717) is 24.5 Å². The van der Waals surface area contributed by atoms with Gasteiger partial charge in [0, 0.05) is 62.6 Å². The van der Waals surface area contributed by atoms with Crippen molar-refractivity contribution in [2.75, 3.05) is 38.5 Å². The Bertz CT molecular complexity index is 851. The number of imidazole rings is 1. The van der Waals surface area contributed by atoms with E-state index in [2.05, 4.69) is 26.8 Å². The van der Waals surface area contributed by atoms with Crippen LogP contribution in [0.25, 0.3) is 0 Å². The highest BCUT2D eigenvalue weighted by Gasteiger charge is 2.53. The summed E-state index contributed by atoms with van der Waals surface area (Å²) in [5.74, 6) is 1.67. The zero-order valence-electron chi connectivity index (χ0n) is 17.0. The number of hydrogen-bond acceptors (Lipinski definition) is 6. The smallest absolute Gasteiger partial charge is 0.255 e. The van der Waals surface area contributed by atoms with E-state index in [1.54, 1.807) is 12.1 Å². The van der Waals surface area contributed by atoms with Gasteiger partial charge in [0.1, 0.15) is 11.6 Å². The summed E-state index contributed by atoms with van der Waals surface area (Å²) in [6.45, 7) is 5.94. The second-order valence-corrected chi connectivity index (χ2v) is 8.50. The van der Waals surface area contributed by atoms with Crippen molar-refractivity contribution in [1.82, 2.24) is 24.8 Å². The average Bonchev–Trinajstić information content (AvgIpc) is 3.39. The van der Waals surface area contributed by atoms with E-state index in [9.17, 15) is 9.90 Å². The number of fused-ring (bicyclic) bond motifs is 1. The second kappa shape index (κ2) is 8.12. The summed E-state index contributed by atoms with van der Waals surface area (Å²) in [4.78, 5) is 29.0. The fourth-order valence-electron chi connectivity index (χ4n) is 4.70. The molecule has 2 aliphatic rings. The monoisotopic (exact) mass is 398 g/mol. The summed E-state index contributed by atoms with van der Waals surface area (Å²) in [5, 5.41) is 10.2. The maximum Gasteiger partial charge on any atom is 0.255 e. The number of aromatic nitrogens is 3. The van der Waals surface area contributed by atoms with Crippen LogP contribution in [0.3, 0.4) is 0 Å². The zero-order chi connectivity index (χ0) is 20.4. The lowest BCUT2D eigenvalue weighted by atomic mass is 9.82. The van der Waals surface area contributed by atoms with E-state index in [1.807, 2.05) is 11.1 Å². The van der Waals surface area contributed by atoms with Crippen molar-refractivity contribution in [3.63, 3.8) is 0 Å². The van der Waals surface area contributed by atoms with Crippen LogP contribution >= 0.6 is 0 Å². The van der Waals surface area contributed by atoms with Crippen LogP contribution in [0.15, 0.2) is 24.5 Å². The molecular formula is C21H30N6O2. The van der Waals surface area contributed by atoms with Crippen molar-refractivity contribution in [3.05, 3.63) is 41.6 Å². The minimum Gasteiger partial charge on any atom is -0.396 e. The Morgan fingerprint density at radius 1 is 1.31 bits per heavy atom. The summed E-state index contributed by atoms with van der Waals surface area (Å²) in [6, 6.07) is 3.36. The summed E-state index contributed by atoms with van der Waals surface area (Å²) in [7, 11) is 0. The van der Waals surface area contributed by atoms with Crippen LogP contribution < -0.4 is 5.73 Å². The van der Waals surface area contributed by atoms with Crippen molar-refractivity contribution >= 4 is 11.7 Å². The van der Waals surface area contributed by atoms with Crippen molar-refractivity contribution in [2.24, 2.45) is 11.3 Å². The van der Waals surface area contributed by atoms with E-state index in [1.165, 1.54) is 6.20 Å². The number of aromatic amines is 1. The molecule has 2 saturated heterocycles. The van der Waals surface area contributed by atoms with Crippen molar-refractivity contribution < 1.29 is 9.90 Å². The standard InChI is InChI=1S/C21H30N6O2/c1-2-3-4-19-24-8-17(25-19)11-26-9-16-10-27(13-21(16,12-26)14-28)20(29)15-5-6-18(22)23-7-15/h5-8,16,28H,2-4,9-14H2,1H3,(H2,22,23)(H,24,25). The van der Waals surface area contributed by atoms with Gasteiger partial charge in [-0.2, -0.15) is 0 Å². The lowest BCUT2D eigenvalue weighted by Gasteiger charge is -2.27. The van der Waals surface area contributed by atoms with E-state index < -0.39 is 0 Å². The van der Waals surface area contributed by atoms with E-state index in [0.717, 1.165) is 50.4 Å². The first kappa shape index (κ1) is 19.8. The number of nitrogens with one attached hydrogen (secondary N) is 1. The Kier molecular flexibility index (Phi) is 5.56. The third-order valence-electron chi connectivity index (χ3n) is 6.31. The number of likely N-dealkylation sites (tertiary alicyclic amines) is 2. The first-order chi connectivity index (χ1) is 14.0. The van der Waals surface area contributed by atoms with Crippen LogP contribution in [-0.2, 0) is 13.0 Å². The quantitative estimate of drug-likeness (QED) is 0.648. The first-order valence-electron chi connectivity index (χ1n) is 10.4. The van der Waals surface area contributed by atoms with Crippen LogP contribution in [0.4, 0.5) is 5.82 Å². The van der Waals surface area contributed by atoms with Crippen LogP contribution in [0.1, 0.15) is 41.6 Å². The summed E-state index contributed by atoms with van der Waals surface area (Å²) in [6.07, 6.45) is 6.73. The minimum atomic E-state index is -0.262. The predicted octanol–water partition coefficient (Wildman–Crippen LogP) is 1.30. The summed E-state index contributed by atoms with van der Waals surface area (Å²) in [5.41, 5.74) is 7.02. The molecule has 29 heavy (non-hydrogen) atoms. The first-order valence-corrected chi connectivity index (χ1v) is 10.4. The molecule has 0 spiro atoms. The SMILES string of the molecule is CCCCc1ncc(CN2CC3CN(C(=O)c4ccc(N)nc4)CC3(CO)C2)[nH]1. The van der Waals surface area contributed by atoms with Crippen LogP contribution in [0.5, 0.6) is 0 Å². The number of carbonyl (C=O) groups is 1. The third kappa shape index (κ3) is 4.00. The Morgan fingerprint density at radius 3 is 2.86 bits per heavy atom. The number of nitrogens with zero attached hydrogens (tertiary/aromatic N) is 4. The van der Waals surface area contributed by atoms with Crippen molar-refractivity contribution in [3.8, 4) is 0 Å². The van der Waals surface area contributed by atoms with Gasteiger partial charge in [0.2, 0.25) is 0 Å². The molecule has 0 aliphatic carbocycles. The lowest BCUT2D eigenvalue weighted by molar-refractivity contribution is 0.0718. The number of H-pyrrole nitrogens is 1. The van der Waals surface area contributed by atoms with Gasteiger partial charge in [0.25, 0.3) is 5.91 Å². The zero-order valence-corrected chi connectivity index (χ0v) is 17.0. The van der Waals surface area contributed by atoms with Gasteiger partial charge in [-0.25, -0.2) is 9.97 Å². The number of unbranched alkanes of at least 4 members (excludes halogenated alkanes) is 1. The van der Waals surface area contributed by atoms with Gasteiger partial charge in [-0.05, 0) is 24.5 Å². The Balaban J connectivity index is 1.38. The van der Waals surface area contributed by atoms with Gasteiger partial charge in [-0.1, -0.05) is 13.3 Å². The summed E-state index contributed by atoms with van der Waals surface area (Å²) >= 11 is 0. The fraction of sp³-hybridized carbons (Fsp3) is 0.571. The number of hydrogen-bond donors (Lipinski definition) is 3. The molecule has 0 saturated carbocycles.